The Kier molecular flexibility index (Phi) is 5.87. The van der Waals surface area contributed by atoms with Crippen LogP contribution in [0.1, 0.15) is 29.8 Å². The lowest BCUT2D eigenvalue weighted by Crippen LogP contribution is -2.28. The number of nitrogens with one attached hydrogen (secondary N) is 1. The van der Waals surface area contributed by atoms with E-state index in [9.17, 15) is 9.59 Å². The summed E-state index contributed by atoms with van der Waals surface area (Å²) in [5, 5.41) is 14.9. The van der Waals surface area contributed by atoms with Gasteiger partial charge in [0.15, 0.2) is 5.13 Å². The maximum atomic E-state index is 12.3. The van der Waals surface area contributed by atoms with Gasteiger partial charge in [0, 0.05) is 29.8 Å². The van der Waals surface area contributed by atoms with Crippen molar-refractivity contribution in [2.24, 2.45) is 0 Å². The van der Waals surface area contributed by atoms with E-state index in [0.717, 1.165) is 36.2 Å². The van der Waals surface area contributed by atoms with Crippen LogP contribution in [-0.4, -0.2) is 37.9 Å². The van der Waals surface area contributed by atoms with Crippen LogP contribution >= 0.6 is 23.1 Å². The number of nitrogens with zero attached hydrogens (tertiary/aromatic N) is 3. The van der Waals surface area contributed by atoms with Gasteiger partial charge in [-0.2, -0.15) is 4.98 Å². The maximum absolute atomic E-state index is 12.3. The average molecular weight is 380 g/mol. The Bertz CT molecular complexity index is 831. The topological polar surface area (TPSA) is 97.1 Å². The fraction of sp³-hybridized carbons (Fsp3) is 0.500. The standard InChI is InChI=1S/C16H20N4O3S2/c1-10-8-25-15(17-10)18-13(22)9-24-14-11-4-2-5-12(11)20(6-3-7-21)16(23)19-14/h8,21H,2-7,9H2,1H3,(H,17,18,22). The second-order valence-corrected chi connectivity index (χ2v) is 7.66. The van der Waals surface area contributed by atoms with Gasteiger partial charge >= 0.3 is 5.69 Å². The molecule has 0 aliphatic heterocycles. The van der Waals surface area contributed by atoms with Crippen molar-refractivity contribution in [3.05, 3.63) is 32.8 Å². The number of aromatic nitrogens is 3. The normalized spacial score (nSPS) is 13.0. The van der Waals surface area contributed by atoms with Gasteiger partial charge in [-0.15, -0.1) is 11.3 Å². The Labute approximate surface area is 153 Å². The summed E-state index contributed by atoms with van der Waals surface area (Å²) in [5.74, 6) is 0.0374. The summed E-state index contributed by atoms with van der Waals surface area (Å²) in [6.07, 6.45) is 3.24. The molecule has 2 N–H and O–H groups in total. The molecule has 0 bridgehead atoms. The van der Waals surface area contributed by atoms with E-state index in [4.69, 9.17) is 5.11 Å². The molecular formula is C16H20N4O3S2. The number of amides is 1. The van der Waals surface area contributed by atoms with E-state index >= 15 is 0 Å². The van der Waals surface area contributed by atoms with Gasteiger partial charge in [-0.3, -0.25) is 9.36 Å². The first-order chi connectivity index (χ1) is 12.1. The van der Waals surface area contributed by atoms with Gasteiger partial charge in [0.05, 0.1) is 11.4 Å². The molecule has 1 aliphatic rings. The van der Waals surface area contributed by atoms with Crippen LogP contribution in [-0.2, 0) is 24.2 Å². The highest BCUT2D eigenvalue weighted by Crippen LogP contribution is 2.29. The number of thioether (sulfide) groups is 1. The van der Waals surface area contributed by atoms with Crippen LogP contribution in [0.3, 0.4) is 0 Å². The van der Waals surface area contributed by atoms with Crippen LogP contribution in [0, 0.1) is 6.92 Å². The highest BCUT2D eigenvalue weighted by molar-refractivity contribution is 8.00. The smallest absolute Gasteiger partial charge is 0.348 e. The van der Waals surface area contributed by atoms with Gasteiger partial charge in [0.25, 0.3) is 0 Å². The molecule has 2 aromatic rings. The van der Waals surface area contributed by atoms with E-state index in [-0.39, 0.29) is 24.0 Å². The molecule has 9 heteroatoms. The number of hydrogen-bond donors (Lipinski definition) is 2. The Hall–Kier alpha value is -1.71. The number of rotatable bonds is 7. The van der Waals surface area contributed by atoms with Crippen LogP contribution in [0.5, 0.6) is 0 Å². The van der Waals surface area contributed by atoms with E-state index in [2.05, 4.69) is 15.3 Å². The Morgan fingerprint density at radius 3 is 3.00 bits per heavy atom. The van der Waals surface area contributed by atoms with E-state index < -0.39 is 0 Å². The first kappa shape index (κ1) is 18.1. The van der Waals surface area contributed by atoms with Gasteiger partial charge in [-0.25, -0.2) is 9.78 Å². The van der Waals surface area contributed by atoms with E-state index in [1.54, 1.807) is 4.57 Å². The summed E-state index contributed by atoms with van der Waals surface area (Å²) >= 11 is 2.69. The van der Waals surface area contributed by atoms with Crippen molar-refractivity contribution in [2.75, 3.05) is 17.7 Å². The number of anilines is 1. The molecule has 0 unspecified atom stereocenters. The second-order valence-electron chi connectivity index (χ2n) is 5.84. The quantitative estimate of drug-likeness (QED) is 0.559. The Balaban J connectivity index is 1.70. The van der Waals surface area contributed by atoms with Crippen molar-refractivity contribution in [1.82, 2.24) is 14.5 Å². The molecule has 1 amide bonds. The summed E-state index contributed by atoms with van der Waals surface area (Å²) in [6.45, 7) is 2.41. The maximum Gasteiger partial charge on any atom is 0.348 e. The molecule has 0 aromatic carbocycles. The van der Waals surface area contributed by atoms with Gasteiger partial charge in [0.1, 0.15) is 5.03 Å². The lowest BCUT2D eigenvalue weighted by atomic mass is 10.2. The molecule has 0 spiro atoms. The number of aryl methyl sites for hydroxylation is 1. The van der Waals surface area contributed by atoms with Crippen LogP contribution in [0.15, 0.2) is 15.2 Å². The average Bonchev–Trinajstić information content (AvgIpc) is 3.21. The van der Waals surface area contributed by atoms with Gasteiger partial charge in [-0.05, 0) is 32.6 Å². The van der Waals surface area contributed by atoms with Crippen molar-refractivity contribution in [1.29, 1.82) is 0 Å². The van der Waals surface area contributed by atoms with E-state index in [1.807, 2.05) is 12.3 Å². The number of fused-ring (bicyclic) bond motifs is 1. The Morgan fingerprint density at radius 2 is 2.28 bits per heavy atom. The lowest BCUT2D eigenvalue weighted by molar-refractivity contribution is -0.113. The monoisotopic (exact) mass is 380 g/mol. The minimum Gasteiger partial charge on any atom is -0.396 e. The first-order valence-corrected chi connectivity index (χ1v) is 10.0. The third kappa shape index (κ3) is 4.28. The number of aliphatic hydroxyl groups excluding tert-OH is 1. The van der Waals surface area contributed by atoms with Crippen molar-refractivity contribution in [3.63, 3.8) is 0 Å². The predicted octanol–water partition coefficient (Wildman–Crippen LogP) is 1.61. The first-order valence-electron chi connectivity index (χ1n) is 8.16. The molecule has 25 heavy (non-hydrogen) atoms. The molecule has 0 atom stereocenters. The third-order valence-electron chi connectivity index (χ3n) is 3.95. The lowest BCUT2D eigenvalue weighted by Gasteiger charge is -2.13. The number of carbonyl (C=O) groups is 1. The van der Waals surface area contributed by atoms with Crippen LogP contribution in [0.25, 0.3) is 0 Å². The highest BCUT2D eigenvalue weighted by Gasteiger charge is 2.22. The molecule has 0 radical (unpaired) electrons. The molecule has 7 nitrogen and oxygen atoms in total. The largest absolute Gasteiger partial charge is 0.396 e. The zero-order valence-corrected chi connectivity index (χ0v) is 15.6. The fourth-order valence-corrected chi connectivity index (χ4v) is 4.45. The zero-order valence-electron chi connectivity index (χ0n) is 13.9. The molecule has 2 aromatic heterocycles. The van der Waals surface area contributed by atoms with E-state index in [0.29, 0.717) is 23.1 Å². The van der Waals surface area contributed by atoms with Crippen molar-refractivity contribution >= 4 is 34.1 Å². The molecule has 134 valence electrons. The van der Waals surface area contributed by atoms with Crippen molar-refractivity contribution < 1.29 is 9.90 Å². The number of thiazole rings is 1. The van der Waals surface area contributed by atoms with Crippen LogP contribution in [0.4, 0.5) is 5.13 Å². The van der Waals surface area contributed by atoms with Gasteiger partial charge in [-0.1, -0.05) is 11.8 Å². The zero-order chi connectivity index (χ0) is 17.8. The minimum atomic E-state index is -0.299. The number of hydrogen-bond acceptors (Lipinski definition) is 7. The van der Waals surface area contributed by atoms with Gasteiger partial charge in [0.2, 0.25) is 5.91 Å². The molecule has 1 aliphatic carbocycles. The molecule has 3 rings (SSSR count). The Morgan fingerprint density at radius 1 is 1.44 bits per heavy atom. The summed E-state index contributed by atoms with van der Waals surface area (Å²) in [6, 6.07) is 0. The summed E-state index contributed by atoms with van der Waals surface area (Å²) in [5.41, 5.74) is 2.65. The molecular weight excluding hydrogens is 360 g/mol. The summed E-state index contributed by atoms with van der Waals surface area (Å²) in [4.78, 5) is 32.8. The van der Waals surface area contributed by atoms with E-state index in [1.165, 1.54) is 23.1 Å². The van der Waals surface area contributed by atoms with Crippen LogP contribution < -0.4 is 11.0 Å². The van der Waals surface area contributed by atoms with Crippen LogP contribution in [0.2, 0.25) is 0 Å². The molecule has 0 saturated heterocycles. The SMILES string of the molecule is Cc1csc(NC(=O)CSc2nc(=O)n(CCCO)c3c2CCC3)n1. The van der Waals surface area contributed by atoms with Crippen molar-refractivity contribution in [2.45, 2.75) is 44.2 Å². The van der Waals surface area contributed by atoms with Gasteiger partial charge < -0.3 is 10.4 Å². The predicted molar refractivity (Wildman–Crippen MR) is 98.4 cm³/mol. The third-order valence-corrected chi connectivity index (χ3v) is 5.84. The molecule has 0 saturated carbocycles. The molecule has 0 fully saturated rings. The highest BCUT2D eigenvalue weighted by atomic mass is 32.2. The number of aliphatic hydroxyl groups is 1. The summed E-state index contributed by atoms with van der Waals surface area (Å²) in [7, 11) is 0. The molecule has 2 heterocycles. The minimum absolute atomic E-state index is 0.0497. The summed E-state index contributed by atoms with van der Waals surface area (Å²) < 4.78 is 1.67. The fourth-order valence-electron chi connectivity index (χ4n) is 2.87. The second kappa shape index (κ2) is 8.11. The number of carbonyl (C=O) groups excluding carboxylic acids is 1. The van der Waals surface area contributed by atoms with Crippen molar-refractivity contribution in [3.8, 4) is 0 Å².